The number of amides is 2. The Kier molecular flexibility index (Phi) is 3.12. The molecule has 0 aromatic carbocycles. The van der Waals surface area contributed by atoms with E-state index in [1.54, 1.807) is 18.3 Å². The summed E-state index contributed by atoms with van der Waals surface area (Å²) in [7, 11) is 0. The Morgan fingerprint density at radius 3 is 3.00 bits per heavy atom. The van der Waals surface area contributed by atoms with Crippen molar-refractivity contribution in [3.05, 3.63) is 18.3 Å². The maximum absolute atomic E-state index is 12.2. The van der Waals surface area contributed by atoms with Crippen LogP contribution >= 0.6 is 0 Å². The van der Waals surface area contributed by atoms with Gasteiger partial charge in [0.1, 0.15) is 0 Å². The van der Waals surface area contributed by atoms with Crippen molar-refractivity contribution in [1.82, 2.24) is 15.1 Å². The molecule has 5 nitrogen and oxygen atoms in total. The van der Waals surface area contributed by atoms with Crippen LogP contribution in [0.25, 0.3) is 0 Å². The second kappa shape index (κ2) is 4.79. The molecule has 1 unspecified atom stereocenters. The molecular weight excluding hydrogens is 240 g/mol. The van der Waals surface area contributed by atoms with Gasteiger partial charge in [0.2, 0.25) is 0 Å². The molecule has 0 bridgehead atoms. The van der Waals surface area contributed by atoms with Crippen molar-refractivity contribution in [2.45, 2.75) is 32.6 Å². The molecular formula is C14H20N4O. The molecule has 1 aromatic rings. The van der Waals surface area contributed by atoms with Crippen LogP contribution in [0.1, 0.15) is 32.6 Å². The highest BCUT2D eigenvalue weighted by Crippen LogP contribution is 2.50. The fraction of sp³-hybridized carbons (Fsp3) is 0.643. The van der Waals surface area contributed by atoms with Crippen LogP contribution in [0.5, 0.6) is 0 Å². The minimum atomic E-state index is -0.0429. The standard InChI is InChI=1S/C14H20N4O/c1-11-5-9-18(10-14(11)6-3-7-14)13(19)16-12-4-2-8-15-17-12/h2,4,8,11H,3,5-7,9-10H2,1H3,(H,16,17,19). The van der Waals surface area contributed by atoms with Crippen LogP contribution in [0, 0.1) is 11.3 Å². The van der Waals surface area contributed by atoms with Gasteiger partial charge in [-0.25, -0.2) is 4.79 Å². The van der Waals surface area contributed by atoms with Crippen molar-refractivity contribution in [2.75, 3.05) is 18.4 Å². The van der Waals surface area contributed by atoms with E-state index in [1.807, 2.05) is 4.90 Å². The molecule has 1 saturated carbocycles. The number of rotatable bonds is 1. The molecule has 3 rings (SSSR count). The number of likely N-dealkylation sites (tertiary alicyclic amines) is 1. The molecule has 19 heavy (non-hydrogen) atoms. The Morgan fingerprint density at radius 1 is 1.53 bits per heavy atom. The third-order valence-corrected chi connectivity index (χ3v) is 4.83. The van der Waals surface area contributed by atoms with Crippen LogP contribution in [0.4, 0.5) is 10.6 Å². The smallest absolute Gasteiger partial charge is 0.323 e. The van der Waals surface area contributed by atoms with Crippen LogP contribution in [-0.4, -0.2) is 34.2 Å². The van der Waals surface area contributed by atoms with Gasteiger partial charge in [0, 0.05) is 19.3 Å². The minimum absolute atomic E-state index is 0.0429. The van der Waals surface area contributed by atoms with E-state index in [0.29, 0.717) is 11.2 Å². The normalized spacial score (nSPS) is 24.9. The van der Waals surface area contributed by atoms with Crippen molar-refractivity contribution in [2.24, 2.45) is 11.3 Å². The Morgan fingerprint density at radius 2 is 2.37 bits per heavy atom. The number of hydrogen-bond acceptors (Lipinski definition) is 3. The third kappa shape index (κ3) is 2.29. The molecule has 1 aliphatic heterocycles. The van der Waals surface area contributed by atoms with Crippen LogP contribution < -0.4 is 5.32 Å². The van der Waals surface area contributed by atoms with Gasteiger partial charge in [0.15, 0.2) is 5.82 Å². The highest BCUT2D eigenvalue weighted by molar-refractivity contribution is 5.88. The highest BCUT2D eigenvalue weighted by atomic mass is 16.2. The average Bonchev–Trinajstić information content (AvgIpc) is 2.38. The molecule has 2 aliphatic rings. The van der Waals surface area contributed by atoms with Crippen LogP contribution in [0.3, 0.4) is 0 Å². The number of nitrogens with one attached hydrogen (secondary N) is 1. The fourth-order valence-electron chi connectivity index (χ4n) is 3.28. The lowest BCUT2D eigenvalue weighted by Gasteiger charge is -2.52. The monoisotopic (exact) mass is 260 g/mol. The van der Waals surface area contributed by atoms with Gasteiger partial charge in [-0.1, -0.05) is 13.3 Å². The van der Waals surface area contributed by atoms with Gasteiger partial charge in [0.05, 0.1) is 0 Å². The van der Waals surface area contributed by atoms with E-state index in [1.165, 1.54) is 19.3 Å². The quantitative estimate of drug-likeness (QED) is 0.844. The molecule has 0 radical (unpaired) electrons. The number of piperidine rings is 1. The van der Waals surface area contributed by atoms with Gasteiger partial charge in [-0.2, -0.15) is 5.10 Å². The van der Waals surface area contributed by atoms with Gasteiger partial charge in [-0.05, 0) is 42.7 Å². The number of aromatic nitrogens is 2. The van der Waals surface area contributed by atoms with E-state index in [0.717, 1.165) is 25.4 Å². The Bertz CT molecular complexity index is 458. The van der Waals surface area contributed by atoms with Gasteiger partial charge >= 0.3 is 6.03 Å². The lowest BCUT2D eigenvalue weighted by Crippen LogP contribution is -2.54. The topological polar surface area (TPSA) is 58.1 Å². The zero-order valence-electron chi connectivity index (χ0n) is 11.3. The SMILES string of the molecule is CC1CCN(C(=O)Nc2cccnn2)CC12CCC2. The van der Waals surface area contributed by atoms with Crippen molar-refractivity contribution in [3.63, 3.8) is 0 Å². The van der Waals surface area contributed by atoms with Crippen molar-refractivity contribution in [3.8, 4) is 0 Å². The summed E-state index contributed by atoms with van der Waals surface area (Å²) in [5.74, 6) is 1.26. The first-order valence-electron chi connectivity index (χ1n) is 7.03. The first-order chi connectivity index (χ1) is 9.20. The molecule has 1 spiro atoms. The third-order valence-electron chi connectivity index (χ3n) is 4.83. The molecule has 102 valence electrons. The summed E-state index contributed by atoms with van der Waals surface area (Å²) in [6.07, 6.45) is 6.55. The van der Waals surface area contributed by atoms with Crippen molar-refractivity contribution in [1.29, 1.82) is 0 Å². The van der Waals surface area contributed by atoms with Gasteiger partial charge in [0.25, 0.3) is 0 Å². The van der Waals surface area contributed by atoms with Gasteiger partial charge < -0.3 is 4.90 Å². The summed E-state index contributed by atoms with van der Waals surface area (Å²) in [4.78, 5) is 14.2. The summed E-state index contributed by atoms with van der Waals surface area (Å²) in [5.41, 5.74) is 0.387. The zero-order chi connectivity index (χ0) is 13.3. The Balaban J connectivity index is 1.64. The summed E-state index contributed by atoms with van der Waals surface area (Å²) in [6.45, 7) is 4.06. The second-order valence-corrected chi connectivity index (χ2v) is 5.87. The van der Waals surface area contributed by atoms with Crippen LogP contribution in [-0.2, 0) is 0 Å². The number of hydrogen-bond donors (Lipinski definition) is 1. The van der Waals surface area contributed by atoms with E-state index >= 15 is 0 Å². The zero-order valence-corrected chi connectivity index (χ0v) is 11.3. The van der Waals surface area contributed by atoms with E-state index in [2.05, 4.69) is 22.4 Å². The first kappa shape index (κ1) is 12.4. The number of anilines is 1. The first-order valence-corrected chi connectivity index (χ1v) is 7.03. The predicted octanol–water partition coefficient (Wildman–Crippen LogP) is 2.52. The van der Waals surface area contributed by atoms with Crippen LogP contribution in [0.2, 0.25) is 0 Å². The summed E-state index contributed by atoms with van der Waals surface area (Å²) >= 11 is 0. The predicted molar refractivity (Wildman–Crippen MR) is 72.7 cm³/mol. The molecule has 5 heteroatoms. The molecule has 2 amide bonds. The lowest BCUT2D eigenvalue weighted by atomic mass is 9.59. The number of carbonyl (C=O) groups is 1. The summed E-state index contributed by atoms with van der Waals surface area (Å²) in [5, 5.41) is 10.5. The number of urea groups is 1. The van der Waals surface area contributed by atoms with E-state index < -0.39 is 0 Å². The molecule has 1 N–H and O–H groups in total. The van der Waals surface area contributed by atoms with Crippen molar-refractivity contribution < 1.29 is 4.79 Å². The van der Waals surface area contributed by atoms with E-state index in [4.69, 9.17) is 0 Å². The Hall–Kier alpha value is -1.65. The second-order valence-electron chi connectivity index (χ2n) is 5.87. The van der Waals surface area contributed by atoms with Gasteiger partial charge in [-0.15, -0.1) is 5.10 Å². The Labute approximate surface area is 113 Å². The maximum atomic E-state index is 12.2. The highest BCUT2D eigenvalue weighted by Gasteiger charge is 2.46. The van der Waals surface area contributed by atoms with Crippen LogP contribution in [0.15, 0.2) is 18.3 Å². The molecule has 1 atom stereocenters. The summed E-state index contributed by atoms with van der Waals surface area (Å²) < 4.78 is 0. The molecule has 1 saturated heterocycles. The molecule has 1 aliphatic carbocycles. The van der Waals surface area contributed by atoms with E-state index in [-0.39, 0.29) is 6.03 Å². The van der Waals surface area contributed by atoms with Crippen molar-refractivity contribution >= 4 is 11.8 Å². The fourth-order valence-corrected chi connectivity index (χ4v) is 3.28. The largest absolute Gasteiger partial charge is 0.324 e. The van der Waals surface area contributed by atoms with Gasteiger partial charge in [-0.3, -0.25) is 5.32 Å². The molecule has 1 aromatic heterocycles. The maximum Gasteiger partial charge on any atom is 0.323 e. The lowest BCUT2D eigenvalue weighted by molar-refractivity contribution is -0.0108. The molecule has 2 fully saturated rings. The number of nitrogens with zero attached hydrogens (tertiary/aromatic N) is 3. The summed E-state index contributed by atoms with van der Waals surface area (Å²) in [6, 6.07) is 3.49. The molecule has 2 heterocycles. The van der Waals surface area contributed by atoms with E-state index in [9.17, 15) is 4.79 Å². The number of carbonyl (C=O) groups excluding carboxylic acids is 1. The average molecular weight is 260 g/mol. The minimum Gasteiger partial charge on any atom is -0.324 e.